The Morgan fingerprint density at radius 3 is 2.93 bits per heavy atom. The maximum atomic E-state index is 14.6. The molecule has 0 spiro atoms. The van der Waals surface area contributed by atoms with Crippen molar-refractivity contribution in [2.45, 2.75) is 38.1 Å². The summed E-state index contributed by atoms with van der Waals surface area (Å²) in [7, 11) is 0. The number of amides is 2. The van der Waals surface area contributed by atoms with Crippen molar-refractivity contribution in [3.8, 4) is 0 Å². The number of ether oxygens (including phenoxy) is 1. The topological polar surface area (TPSA) is 95.4 Å². The zero-order chi connectivity index (χ0) is 21.1. The Labute approximate surface area is 173 Å². The fraction of sp³-hybridized carbons (Fsp3) is 0.333. The predicted octanol–water partition coefficient (Wildman–Crippen LogP) is 2.27. The summed E-state index contributed by atoms with van der Waals surface area (Å²) in [5, 5.41) is 12.8. The van der Waals surface area contributed by atoms with Gasteiger partial charge in [-0.2, -0.15) is 10.2 Å². The summed E-state index contributed by atoms with van der Waals surface area (Å²) in [6, 6.07) is 2.90. The molecule has 30 heavy (non-hydrogen) atoms. The molecule has 1 saturated carbocycles. The molecule has 8 nitrogen and oxygen atoms in total. The monoisotopic (exact) mass is 411 g/mol. The number of dihydropyridines is 1. The van der Waals surface area contributed by atoms with Crippen LogP contribution in [0.4, 0.5) is 9.18 Å². The molecule has 2 heterocycles. The van der Waals surface area contributed by atoms with E-state index in [1.54, 1.807) is 23.1 Å². The summed E-state index contributed by atoms with van der Waals surface area (Å²) in [4.78, 5) is 26.5. The minimum atomic E-state index is -0.590. The molecule has 3 aliphatic rings. The number of halogens is 1. The van der Waals surface area contributed by atoms with E-state index < -0.39 is 17.9 Å². The highest BCUT2D eigenvalue weighted by Gasteiger charge is 2.30. The molecule has 2 amide bonds. The van der Waals surface area contributed by atoms with E-state index in [9.17, 15) is 14.0 Å². The molecule has 0 aromatic heterocycles. The maximum absolute atomic E-state index is 14.6. The summed E-state index contributed by atoms with van der Waals surface area (Å²) >= 11 is 0. The second-order valence-corrected chi connectivity index (χ2v) is 7.34. The molecule has 0 radical (unpaired) electrons. The highest BCUT2D eigenvalue weighted by molar-refractivity contribution is 5.95. The number of carbonyl (C=O) groups excluding carboxylic acids is 2. The van der Waals surface area contributed by atoms with Crippen molar-refractivity contribution in [3.63, 3.8) is 0 Å². The quantitative estimate of drug-likeness (QED) is 0.574. The second-order valence-electron chi connectivity index (χ2n) is 7.34. The summed E-state index contributed by atoms with van der Waals surface area (Å²) in [5.74, 6) is -1.15. The summed E-state index contributed by atoms with van der Waals surface area (Å²) in [6.45, 7) is 4.03. The molecular weight excluding hydrogens is 389 g/mol. The number of benzene rings is 1. The number of nitrogens with zero attached hydrogens (tertiary/aromatic N) is 3. The number of hydrogen-bond acceptors (Lipinski definition) is 6. The third-order valence-corrected chi connectivity index (χ3v) is 5.06. The average Bonchev–Trinajstić information content (AvgIpc) is 3.55. The van der Waals surface area contributed by atoms with E-state index in [1.807, 2.05) is 0 Å². The van der Waals surface area contributed by atoms with E-state index in [4.69, 9.17) is 4.74 Å². The van der Waals surface area contributed by atoms with Gasteiger partial charge >= 0.3 is 6.09 Å². The van der Waals surface area contributed by atoms with Crippen molar-refractivity contribution in [2.75, 3.05) is 6.54 Å². The molecule has 1 atom stereocenters. The van der Waals surface area contributed by atoms with Gasteiger partial charge in [0.05, 0.1) is 17.5 Å². The highest BCUT2D eigenvalue weighted by Crippen LogP contribution is 2.27. The van der Waals surface area contributed by atoms with E-state index in [2.05, 4.69) is 27.6 Å². The Hall–Kier alpha value is -3.49. The number of fused-ring (bicyclic) bond motifs is 1. The van der Waals surface area contributed by atoms with Crippen LogP contribution in [0, 0.1) is 5.82 Å². The minimum Gasteiger partial charge on any atom is -0.446 e. The van der Waals surface area contributed by atoms with Gasteiger partial charge in [0.25, 0.3) is 5.91 Å². The zero-order valence-corrected chi connectivity index (χ0v) is 16.3. The summed E-state index contributed by atoms with van der Waals surface area (Å²) < 4.78 is 20.0. The van der Waals surface area contributed by atoms with Gasteiger partial charge in [-0.3, -0.25) is 4.79 Å². The second kappa shape index (κ2) is 8.48. The van der Waals surface area contributed by atoms with Gasteiger partial charge in [0.2, 0.25) is 0 Å². The SMILES string of the molecule is C=NN=CC1=CC=CC(NC(=O)c2cc3c(cc2F)CCN(C(=O)OC2CC2)C3)N1. The molecular formula is C21H22FN5O3. The Bertz CT molecular complexity index is 968. The number of hydrogen-bond donors (Lipinski definition) is 2. The summed E-state index contributed by atoms with van der Waals surface area (Å²) in [6.07, 6.45) is 8.16. The van der Waals surface area contributed by atoms with E-state index in [0.29, 0.717) is 25.2 Å². The minimum absolute atomic E-state index is 0.0238. The molecule has 1 unspecified atom stereocenters. The van der Waals surface area contributed by atoms with Gasteiger partial charge < -0.3 is 20.3 Å². The van der Waals surface area contributed by atoms with E-state index in [0.717, 1.165) is 24.0 Å². The van der Waals surface area contributed by atoms with Crippen LogP contribution in [0.3, 0.4) is 0 Å². The molecule has 1 fully saturated rings. The first kappa shape index (κ1) is 19.8. The number of carbonyl (C=O) groups is 2. The average molecular weight is 411 g/mol. The largest absolute Gasteiger partial charge is 0.446 e. The van der Waals surface area contributed by atoms with Gasteiger partial charge in [-0.1, -0.05) is 6.08 Å². The molecule has 1 aliphatic carbocycles. The van der Waals surface area contributed by atoms with Gasteiger partial charge in [-0.15, -0.1) is 0 Å². The van der Waals surface area contributed by atoms with Gasteiger partial charge in [0.15, 0.2) is 0 Å². The Morgan fingerprint density at radius 1 is 1.33 bits per heavy atom. The first-order valence-electron chi connectivity index (χ1n) is 9.75. The van der Waals surface area contributed by atoms with Crippen LogP contribution >= 0.6 is 0 Å². The van der Waals surface area contributed by atoms with Crippen LogP contribution in [-0.4, -0.2) is 48.6 Å². The number of nitrogens with one attached hydrogen (secondary N) is 2. The molecule has 0 saturated heterocycles. The van der Waals surface area contributed by atoms with Gasteiger partial charge in [-0.05, 0) is 54.7 Å². The number of allylic oxidation sites excluding steroid dienone is 3. The maximum Gasteiger partial charge on any atom is 0.410 e. The lowest BCUT2D eigenvalue weighted by atomic mass is 9.96. The third-order valence-electron chi connectivity index (χ3n) is 5.06. The first-order chi connectivity index (χ1) is 14.5. The normalized spacial score (nSPS) is 20.2. The van der Waals surface area contributed by atoms with Crippen molar-refractivity contribution in [1.29, 1.82) is 0 Å². The third kappa shape index (κ3) is 4.56. The molecule has 9 heteroatoms. The Morgan fingerprint density at radius 2 is 2.17 bits per heavy atom. The van der Waals surface area contributed by atoms with Crippen LogP contribution in [-0.2, 0) is 17.7 Å². The molecule has 0 bridgehead atoms. The van der Waals surface area contributed by atoms with Crippen molar-refractivity contribution in [1.82, 2.24) is 15.5 Å². The highest BCUT2D eigenvalue weighted by atomic mass is 19.1. The van der Waals surface area contributed by atoms with Gasteiger partial charge in [-0.25, -0.2) is 9.18 Å². The van der Waals surface area contributed by atoms with Crippen LogP contribution < -0.4 is 10.6 Å². The van der Waals surface area contributed by atoms with E-state index >= 15 is 0 Å². The van der Waals surface area contributed by atoms with Crippen molar-refractivity contribution < 1.29 is 18.7 Å². The fourth-order valence-corrected chi connectivity index (χ4v) is 3.34. The van der Waals surface area contributed by atoms with Crippen LogP contribution in [0.1, 0.15) is 34.3 Å². The Balaban J connectivity index is 1.44. The lowest BCUT2D eigenvalue weighted by Crippen LogP contribution is -2.45. The molecule has 1 aromatic carbocycles. The predicted molar refractivity (Wildman–Crippen MR) is 110 cm³/mol. The van der Waals surface area contributed by atoms with Gasteiger partial charge in [0.1, 0.15) is 18.1 Å². The van der Waals surface area contributed by atoms with E-state index in [-0.39, 0.29) is 17.8 Å². The van der Waals surface area contributed by atoms with Gasteiger partial charge in [0, 0.05) is 19.8 Å². The van der Waals surface area contributed by atoms with Crippen LogP contribution in [0.5, 0.6) is 0 Å². The van der Waals surface area contributed by atoms with Crippen molar-refractivity contribution in [3.05, 3.63) is 58.6 Å². The van der Waals surface area contributed by atoms with Crippen molar-refractivity contribution >= 4 is 24.9 Å². The zero-order valence-electron chi connectivity index (χ0n) is 16.3. The van der Waals surface area contributed by atoms with Crippen LogP contribution in [0.15, 0.2) is 46.3 Å². The lowest BCUT2D eigenvalue weighted by molar-refractivity contribution is 0.0915. The Kier molecular flexibility index (Phi) is 5.60. The molecule has 2 aliphatic heterocycles. The van der Waals surface area contributed by atoms with Crippen molar-refractivity contribution in [2.24, 2.45) is 10.2 Å². The smallest absolute Gasteiger partial charge is 0.410 e. The fourth-order valence-electron chi connectivity index (χ4n) is 3.34. The number of rotatable bonds is 5. The molecule has 156 valence electrons. The van der Waals surface area contributed by atoms with Crippen LogP contribution in [0.2, 0.25) is 0 Å². The van der Waals surface area contributed by atoms with E-state index in [1.165, 1.54) is 18.3 Å². The standard InChI is InChI=1S/C21H22FN5O3/c1-23-24-11-15-3-2-4-19(25-15)26-20(28)17-9-14-12-27(21(29)30-16-5-6-16)8-7-13(14)10-18(17)22/h2-4,9-11,16,19,25H,1,5-8,12H2,(H,26,28). The van der Waals surface area contributed by atoms with Crippen LogP contribution in [0.25, 0.3) is 0 Å². The first-order valence-corrected chi connectivity index (χ1v) is 9.75. The molecule has 1 aromatic rings. The molecule has 4 rings (SSSR count). The summed E-state index contributed by atoms with van der Waals surface area (Å²) in [5.41, 5.74) is 2.11. The molecule has 2 N–H and O–H groups in total. The lowest BCUT2D eigenvalue weighted by Gasteiger charge is -2.29.